The summed E-state index contributed by atoms with van der Waals surface area (Å²) in [5.41, 5.74) is 3.40. The number of nitrogens with zero attached hydrogens (tertiary/aromatic N) is 1. The lowest BCUT2D eigenvalue weighted by Crippen LogP contribution is -2.12. The van der Waals surface area contributed by atoms with E-state index in [1.807, 2.05) is 48.5 Å². The number of halogens is 1. The van der Waals surface area contributed by atoms with Crippen LogP contribution in [-0.2, 0) is 5.33 Å². The molecule has 3 rings (SSSR count). The van der Waals surface area contributed by atoms with Gasteiger partial charge in [-0.2, -0.15) is 0 Å². The minimum absolute atomic E-state index is 0.125. The van der Waals surface area contributed by atoms with Crippen molar-refractivity contribution in [2.45, 2.75) is 5.33 Å². The van der Waals surface area contributed by atoms with Crippen LogP contribution in [0.25, 0.3) is 10.9 Å². The van der Waals surface area contributed by atoms with Crippen LogP contribution in [0.2, 0.25) is 0 Å². The van der Waals surface area contributed by atoms with Gasteiger partial charge in [0.15, 0.2) is 0 Å². The molecule has 0 fully saturated rings. The summed E-state index contributed by atoms with van der Waals surface area (Å²) in [6, 6.07) is 17.1. The predicted octanol–water partition coefficient (Wildman–Crippen LogP) is 4.38. The van der Waals surface area contributed by atoms with Gasteiger partial charge in [-0.15, -0.1) is 0 Å². The maximum atomic E-state index is 12.4. The van der Waals surface area contributed by atoms with Gasteiger partial charge < -0.3 is 5.32 Å². The lowest BCUT2D eigenvalue weighted by Gasteiger charge is -2.08. The first-order valence-electron chi connectivity index (χ1n) is 6.58. The molecule has 0 spiro atoms. The number of carbonyl (C=O) groups is 1. The number of para-hydroxylation sites is 1. The van der Waals surface area contributed by atoms with E-state index in [2.05, 4.69) is 26.2 Å². The van der Waals surface area contributed by atoms with Crippen molar-refractivity contribution in [1.82, 2.24) is 4.98 Å². The van der Waals surface area contributed by atoms with Crippen LogP contribution in [0.15, 0.2) is 60.8 Å². The number of benzene rings is 2. The maximum Gasteiger partial charge on any atom is 0.256 e. The van der Waals surface area contributed by atoms with Gasteiger partial charge in [-0.05, 0) is 29.8 Å². The summed E-state index contributed by atoms with van der Waals surface area (Å²) in [6.45, 7) is 0. The Hall–Kier alpha value is -2.20. The van der Waals surface area contributed by atoms with Gasteiger partial charge in [0.25, 0.3) is 5.91 Å². The molecule has 0 aliphatic heterocycles. The number of rotatable bonds is 3. The summed E-state index contributed by atoms with van der Waals surface area (Å²) < 4.78 is 0. The number of hydrogen-bond donors (Lipinski definition) is 1. The number of anilines is 1. The number of carbonyl (C=O) groups excluding carboxylic acids is 1. The molecule has 0 aliphatic rings. The van der Waals surface area contributed by atoms with Crippen molar-refractivity contribution in [2.24, 2.45) is 0 Å². The summed E-state index contributed by atoms with van der Waals surface area (Å²) in [5.74, 6) is -0.125. The fraction of sp³-hybridized carbons (Fsp3) is 0.0588. The zero-order valence-electron chi connectivity index (χ0n) is 11.2. The second-order valence-corrected chi connectivity index (χ2v) is 5.22. The third kappa shape index (κ3) is 2.95. The standard InChI is InChI=1S/C17H13BrN2O/c18-11-12-5-7-13(8-6-12)20-17(21)15-9-10-19-16-4-2-1-3-14(15)16/h1-10H,11H2,(H,20,21). The Morgan fingerprint density at radius 1 is 1.05 bits per heavy atom. The molecule has 0 saturated heterocycles. The van der Waals surface area contributed by atoms with E-state index < -0.39 is 0 Å². The quantitative estimate of drug-likeness (QED) is 0.718. The van der Waals surface area contributed by atoms with Crippen molar-refractivity contribution < 1.29 is 4.79 Å². The third-order valence-electron chi connectivity index (χ3n) is 3.26. The molecule has 3 nitrogen and oxygen atoms in total. The number of nitrogens with one attached hydrogen (secondary N) is 1. The van der Waals surface area contributed by atoms with E-state index in [1.54, 1.807) is 12.3 Å². The normalized spacial score (nSPS) is 10.5. The van der Waals surface area contributed by atoms with Crippen LogP contribution < -0.4 is 5.32 Å². The zero-order chi connectivity index (χ0) is 14.7. The molecule has 4 heteroatoms. The zero-order valence-corrected chi connectivity index (χ0v) is 12.8. The van der Waals surface area contributed by atoms with Gasteiger partial charge in [-0.1, -0.05) is 46.3 Å². The van der Waals surface area contributed by atoms with Crippen LogP contribution >= 0.6 is 15.9 Å². The highest BCUT2D eigenvalue weighted by atomic mass is 79.9. The van der Waals surface area contributed by atoms with Crippen molar-refractivity contribution in [1.29, 1.82) is 0 Å². The SMILES string of the molecule is O=C(Nc1ccc(CBr)cc1)c1ccnc2ccccc12. The monoisotopic (exact) mass is 340 g/mol. The number of amides is 1. The molecule has 2 aromatic carbocycles. The summed E-state index contributed by atoms with van der Waals surface area (Å²) in [5, 5.41) is 4.58. The van der Waals surface area contributed by atoms with E-state index in [9.17, 15) is 4.79 Å². The highest BCUT2D eigenvalue weighted by Gasteiger charge is 2.10. The average Bonchev–Trinajstić information content (AvgIpc) is 2.55. The molecule has 0 atom stereocenters. The number of fused-ring (bicyclic) bond motifs is 1. The number of alkyl halides is 1. The lowest BCUT2D eigenvalue weighted by molar-refractivity contribution is 0.102. The van der Waals surface area contributed by atoms with Gasteiger partial charge in [-0.3, -0.25) is 9.78 Å². The van der Waals surface area contributed by atoms with E-state index in [4.69, 9.17) is 0 Å². The molecule has 1 amide bonds. The van der Waals surface area contributed by atoms with Gasteiger partial charge in [0.2, 0.25) is 0 Å². The van der Waals surface area contributed by atoms with Crippen molar-refractivity contribution in [3.63, 3.8) is 0 Å². The third-order valence-corrected chi connectivity index (χ3v) is 3.91. The van der Waals surface area contributed by atoms with Crippen molar-refractivity contribution in [2.75, 3.05) is 5.32 Å². The van der Waals surface area contributed by atoms with Gasteiger partial charge in [-0.25, -0.2) is 0 Å². The largest absolute Gasteiger partial charge is 0.322 e. The summed E-state index contributed by atoms with van der Waals surface area (Å²) in [7, 11) is 0. The Kier molecular flexibility index (Phi) is 3.97. The van der Waals surface area contributed by atoms with Crippen LogP contribution in [0.4, 0.5) is 5.69 Å². The molecule has 1 heterocycles. The molecule has 0 bridgehead atoms. The van der Waals surface area contributed by atoms with Crippen molar-refractivity contribution in [3.8, 4) is 0 Å². The Morgan fingerprint density at radius 3 is 2.57 bits per heavy atom. The van der Waals surface area contributed by atoms with E-state index in [0.29, 0.717) is 5.56 Å². The summed E-state index contributed by atoms with van der Waals surface area (Å²) in [6.07, 6.45) is 1.66. The Labute approximate surface area is 131 Å². The fourth-order valence-electron chi connectivity index (χ4n) is 2.17. The Bertz CT molecular complexity index is 779. The molecule has 3 aromatic rings. The maximum absolute atomic E-state index is 12.4. The van der Waals surface area contributed by atoms with Gasteiger partial charge >= 0.3 is 0 Å². The van der Waals surface area contributed by atoms with E-state index >= 15 is 0 Å². The minimum Gasteiger partial charge on any atom is -0.322 e. The number of hydrogen-bond acceptors (Lipinski definition) is 2. The van der Waals surface area contributed by atoms with Gasteiger partial charge in [0.1, 0.15) is 0 Å². The van der Waals surface area contributed by atoms with Crippen molar-refractivity contribution >= 4 is 38.4 Å². The summed E-state index contributed by atoms with van der Waals surface area (Å²) >= 11 is 3.40. The van der Waals surface area contributed by atoms with Crippen LogP contribution in [0.5, 0.6) is 0 Å². The molecule has 104 valence electrons. The summed E-state index contributed by atoms with van der Waals surface area (Å²) in [4.78, 5) is 16.7. The highest BCUT2D eigenvalue weighted by molar-refractivity contribution is 9.08. The molecule has 0 radical (unpaired) electrons. The average molecular weight is 341 g/mol. The second kappa shape index (κ2) is 6.06. The topological polar surface area (TPSA) is 42.0 Å². The van der Waals surface area contributed by atoms with E-state index in [-0.39, 0.29) is 5.91 Å². The van der Waals surface area contributed by atoms with Crippen LogP contribution in [0.1, 0.15) is 15.9 Å². The van der Waals surface area contributed by atoms with Gasteiger partial charge in [0, 0.05) is 22.6 Å². The molecule has 0 aliphatic carbocycles. The van der Waals surface area contributed by atoms with Crippen LogP contribution in [0, 0.1) is 0 Å². The fourth-order valence-corrected chi connectivity index (χ4v) is 2.54. The molecule has 0 saturated carbocycles. The molecular formula is C17H13BrN2O. The second-order valence-electron chi connectivity index (χ2n) is 4.66. The number of pyridine rings is 1. The lowest BCUT2D eigenvalue weighted by atomic mass is 10.1. The Morgan fingerprint density at radius 2 is 1.81 bits per heavy atom. The first kappa shape index (κ1) is 13.8. The van der Waals surface area contributed by atoms with Crippen LogP contribution in [0.3, 0.4) is 0 Å². The number of aromatic nitrogens is 1. The highest BCUT2D eigenvalue weighted by Crippen LogP contribution is 2.18. The Balaban J connectivity index is 1.90. The van der Waals surface area contributed by atoms with E-state index in [1.165, 1.54) is 5.56 Å². The molecule has 0 unspecified atom stereocenters. The molecule has 1 N–H and O–H groups in total. The predicted molar refractivity (Wildman–Crippen MR) is 88.8 cm³/mol. The first-order valence-corrected chi connectivity index (χ1v) is 7.70. The van der Waals surface area contributed by atoms with E-state index in [0.717, 1.165) is 21.9 Å². The smallest absolute Gasteiger partial charge is 0.256 e. The molecular weight excluding hydrogens is 328 g/mol. The molecule has 21 heavy (non-hydrogen) atoms. The van der Waals surface area contributed by atoms with Crippen LogP contribution in [-0.4, -0.2) is 10.9 Å². The first-order chi connectivity index (χ1) is 10.3. The minimum atomic E-state index is -0.125. The van der Waals surface area contributed by atoms with Gasteiger partial charge in [0.05, 0.1) is 11.1 Å². The molecule has 1 aromatic heterocycles. The van der Waals surface area contributed by atoms with Crippen molar-refractivity contribution in [3.05, 3.63) is 71.9 Å².